The number of hydrogen-bond acceptors (Lipinski definition) is 1. The Labute approximate surface area is 99.9 Å². The van der Waals surface area contributed by atoms with E-state index in [1.807, 2.05) is 32.0 Å². The quantitative estimate of drug-likeness (QED) is 0.736. The van der Waals surface area contributed by atoms with Gasteiger partial charge < -0.3 is 5.11 Å². The second-order valence-corrected chi connectivity index (χ2v) is 4.33. The minimum Gasteiger partial charge on any atom is -0.505 e. The van der Waals surface area contributed by atoms with Crippen LogP contribution in [0.4, 0.5) is 4.39 Å². The molecule has 17 heavy (non-hydrogen) atoms. The van der Waals surface area contributed by atoms with Gasteiger partial charge in [-0.05, 0) is 22.9 Å². The van der Waals surface area contributed by atoms with Gasteiger partial charge in [0, 0.05) is 5.39 Å². The van der Waals surface area contributed by atoms with E-state index in [0.717, 1.165) is 16.3 Å². The molecule has 2 aromatic carbocycles. The number of phenolic OH excluding ortho intramolecular Hbond substituents is 1. The number of fused-ring (bicyclic) bond motifs is 1. The van der Waals surface area contributed by atoms with E-state index in [2.05, 4.69) is 5.92 Å². The number of phenols is 1. The maximum Gasteiger partial charge on any atom is 0.181 e. The number of hydrogen-bond donors (Lipinski definition) is 1. The zero-order valence-corrected chi connectivity index (χ0v) is 9.79. The van der Waals surface area contributed by atoms with Gasteiger partial charge in [0.2, 0.25) is 0 Å². The van der Waals surface area contributed by atoms with Gasteiger partial charge in [-0.25, -0.2) is 4.39 Å². The fraction of sp³-hybridized carbons (Fsp3) is 0.200. The molecular weight excluding hydrogens is 215 g/mol. The molecule has 86 valence electrons. The lowest BCUT2D eigenvalue weighted by molar-refractivity contribution is 0.433. The van der Waals surface area contributed by atoms with Crippen LogP contribution < -0.4 is 0 Å². The fourth-order valence-electron chi connectivity index (χ4n) is 2.06. The molecule has 0 aliphatic rings. The number of rotatable bonds is 1. The Morgan fingerprint density at radius 3 is 2.65 bits per heavy atom. The largest absolute Gasteiger partial charge is 0.505 e. The van der Waals surface area contributed by atoms with Crippen molar-refractivity contribution < 1.29 is 9.50 Å². The highest BCUT2D eigenvalue weighted by Gasteiger charge is 2.15. The Bertz CT molecular complexity index is 621. The van der Waals surface area contributed by atoms with Gasteiger partial charge in [-0.2, -0.15) is 0 Å². The smallest absolute Gasteiger partial charge is 0.181 e. The predicted octanol–water partition coefficient (Wildman–Crippen LogP) is 3.79. The lowest BCUT2D eigenvalue weighted by atomic mass is 9.92. The highest BCUT2D eigenvalue weighted by molar-refractivity contribution is 5.93. The molecular formula is C15H13FO. The number of aromatic hydroxyl groups is 1. The Morgan fingerprint density at radius 2 is 2.06 bits per heavy atom. The van der Waals surface area contributed by atoms with Crippen molar-refractivity contribution in [3.8, 4) is 18.1 Å². The SMILES string of the molecule is C#Cc1c(F)c(O)cc2cccc(C(C)C)c12. The van der Waals surface area contributed by atoms with Crippen molar-refractivity contribution in [1.82, 2.24) is 0 Å². The zero-order chi connectivity index (χ0) is 12.6. The third-order valence-corrected chi connectivity index (χ3v) is 2.88. The van der Waals surface area contributed by atoms with Crippen LogP contribution in [0.2, 0.25) is 0 Å². The first-order chi connectivity index (χ1) is 8.06. The van der Waals surface area contributed by atoms with Crippen molar-refractivity contribution in [2.45, 2.75) is 19.8 Å². The summed E-state index contributed by atoms with van der Waals surface area (Å²) in [6, 6.07) is 7.05. The molecule has 0 aliphatic heterocycles. The van der Waals surface area contributed by atoms with E-state index in [0.29, 0.717) is 0 Å². The van der Waals surface area contributed by atoms with Gasteiger partial charge in [-0.15, -0.1) is 6.42 Å². The van der Waals surface area contributed by atoms with E-state index in [4.69, 9.17) is 6.42 Å². The van der Waals surface area contributed by atoms with Crippen LogP contribution in [0.1, 0.15) is 30.9 Å². The van der Waals surface area contributed by atoms with Crippen molar-refractivity contribution in [3.63, 3.8) is 0 Å². The Hall–Kier alpha value is -2.01. The highest BCUT2D eigenvalue weighted by atomic mass is 19.1. The molecule has 0 radical (unpaired) electrons. The summed E-state index contributed by atoms with van der Waals surface area (Å²) in [4.78, 5) is 0. The molecule has 0 atom stereocenters. The van der Waals surface area contributed by atoms with E-state index >= 15 is 0 Å². The van der Waals surface area contributed by atoms with Crippen LogP contribution in [-0.4, -0.2) is 5.11 Å². The lowest BCUT2D eigenvalue weighted by Gasteiger charge is -2.13. The number of halogens is 1. The summed E-state index contributed by atoms with van der Waals surface area (Å²) in [5, 5.41) is 11.0. The van der Waals surface area contributed by atoms with E-state index in [-0.39, 0.29) is 11.5 Å². The van der Waals surface area contributed by atoms with Gasteiger partial charge in [-0.3, -0.25) is 0 Å². The van der Waals surface area contributed by atoms with Crippen LogP contribution in [0, 0.1) is 18.2 Å². The molecule has 0 aromatic heterocycles. The second kappa shape index (κ2) is 4.10. The first kappa shape index (κ1) is 11.5. The standard InChI is InChI=1S/C15H13FO/c1-4-11-14-10(8-13(17)15(11)16)6-5-7-12(14)9(2)3/h1,5-9,17H,2-3H3. The van der Waals surface area contributed by atoms with E-state index in [9.17, 15) is 9.50 Å². The molecule has 0 saturated heterocycles. The van der Waals surface area contributed by atoms with Gasteiger partial charge in [-0.1, -0.05) is 38.0 Å². The van der Waals surface area contributed by atoms with Crippen LogP contribution in [0.3, 0.4) is 0 Å². The molecule has 0 spiro atoms. The normalized spacial score (nSPS) is 10.8. The van der Waals surface area contributed by atoms with E-state index in [1.54, 1.807) is 0 Å². The van der Waals surface area contributed by atoms with Gasteiger partial charge in [0.15, 0.2) is 11.6 Å². The average Bonchev–Trinajstić information content (AvgIpc) is 2.30. The Balaban J connectivity index is 2.99. The minimum absolute atomic E-state index is 0.143. The topological polar surface area (TPSA) is 20.2 Å². The van der Waals surface area contributed by atoms with Gasteiger partial charge in [0.1, 0.15) is 0 Å². The molecule has 1 nitrogen and oxygen atoms in total. The summed E-state index contributed by atoms with van der Waals surface area (Å²) in [6.45, 7) is 4.06. The van der Waals surface area contributed by atoms with Crippen molar-refractivity contribution >= 4 is 10.8 Å². The fourth-order valence-corrected chi connectivity index (χ4v) is 2.06. The van der Waals surface area contributed by atoms with Crippen LogP contribution in [0.25, 0.3) is 10.8 Å². The summed E-state index contributed by atoms with van der Waals surface area (Å²) in [6.07, 6.45) is 5.35. The molecule has 0 heterocycles. The summed E-state index contributed by atoms with van der Waals surface area (Å²) in [5.74, 6) is 1.47. The van der Waals surface area contributed by atoms with Crippen LogP contribution >= 0.6 is 0 Å². The van der Waals surface area contributed by atoms with Crippen molar-refractivity contribution in [2.24, 2.45) is 0 Å². The number of benzene rings is 2. The molecule has 0 bridgehead atoms. The summed E-state index contributed by atoms with van der Waals surface area (Å²) in [7, 11) is 0. The molecule has 2 aromatic rings. The maximum atomic E-state index is 13.8. The lowest BCUT2D eigenvalue weighted by Crippen LogP contribution is -1.95. The van der Waals surface area contributed by atoms with E-state index in [1.165, 1.54) is 6.07 Å². The third-order valence-electron chi connectivity index (χ3n) is 2.88. The van der Waals surface area contributed by atoms with Gasteiger partial charge in [0.25, 0.3) is 0 Å². The zero-order valence-electron chi connectivity index (χ0n) is 9.79. The first-order valence-electron chi connectivity index (χ1n) is 5.47. The highest BCUT2D eigenvalue weighted by Crippen LogP contribution is 2.33. The molecule has 0 fully saturated rings. The summed E-state index contributed by atoms with van der Waals surface area (Å²) in [5.41, 5.74) is 1.14. The summed E-state index contributed by atoms with van der Waals surface area (Å²) < 4.78 is 13.8. The average molecular weight is 228 g/mol. The first-order valence-corrected chi connectivity index (χ1v) is 5.47. The van der Waals surface area contributed by atoms with Crippen LogP contribution in [0.5, 0.6) is 5.75 Å². The molecule has 2 heteroatoms. The van der Waals surface area contributed by atoms with E-state index < -0.39 is 11.6 Å². The minimum atomic E-state index is -0.715. The monoisotopic (exact) mass is 228 g/mol. The Morgan fingerprint density at radius 1 is 1.35 bits per heavy atom. The third kappa shape index (κ3) is 1.74. The molecule has 0 aliphatic carbocycles. The van der Waals surface area contributed by atoms with Gasteiger partial charge >= 0.3 is 0 Å². The predicted molar refractivity (Wildman–Crippen MR) is 67.6 cm³/mol. The van der Waals surface area contributed by atoms with Crippen LogP contribution in [-0.2, 0) is 0 Å². The molecule has 0 unspecified atom stereocenters. The molecule has 2 rings (SSSR count). The van der Waals surface area contributed by atoms with Gasteiger partial charge in [0.05, 0.1) is 5.56 Å². The number of terminal acetylenes is 1. The molecule has 1 N–H and O–H groups in total. The maximum absolute atomic E-state index is 13.8. The molecule has 0 amide bonds. The van der Waals surface area contributed by atoms with Crippen molar-refractivity contribution in [2.75, 3.05) is 0 Å². The van der Waals surface area contributed by atoms with Crippen LogP contribution in [0.15, 0.2) is 24.3 Å². The Kier molecular flexibility index (Phi) is 2.77. The summed E-state index contributed by atoms with van der Waals surface area (Å²) >= 11 is 0. The second-order valence-electron chi connectivity index (χ2n) is 4.33. The van der Waals surface area contributed by atoms with Crippen molar-refractivity contribution in [3.05, 3.63) is 41.2 Å². The van der Waals surface area contributed by atoms with Crippen molar-refractivity contribution in [1.29, 1.82) is 0 Å². The molecule has 0 saturated carbocycles.